The summed E-state index contributed by atoms with van der Waals surface area (Å²) in [6, 6.07) is 9.32. The van der Waals surface area contributed by atoms with Gasteiger partial charge in [0.2, 0.25) is 16.0 Å². The lowest BCUT2D eigenvalue weighted by atomic mass is 10.2. The number of anilines is 1. The molecule has 0 unspecified atom stereocenters. The number of nitrogens with one attached hydrogen (secondary N) is 2. The van der Waals surface area contributed by atoms with Gasteiger partial charge in [-0.25, -0.2) is 23.1 Å². The van der Waals surface area contributed by atoms with Gasteiger partial charge in [0, 0.05) is 13.1 Å². The van der Waals surface area contributed by atoms with Crippen molar-refractivity contribution in [1.29, 1.82) is 0 Å². The number of hydrogen-bond acceptors (Lipinski definition) is 5. The molecule has 2 N–H and O–H groups in total. The lowest BCUT2D eigenvalue weighted by Gasteiger charge is -2.07. The highest BCUT2D eigenvalue weighted by molar-refractivity contribution is 7.89. The van der Waals surface area contributed by atoms with E-state index in [1.54, 1.807) is 0 Å². The summed E-state index contributed by atoms with van der Waals surface area (Å²) < 4.78 is 26.8. The van der Waals surface area contributed by atoms with Gasteiger partial charge in [-0.15, -0.1) is 0 Å². The molecule has 1 aromatic carbocycles. The SMILES string of the molecule is CCCNc1ncc(S(=O)(=O)NCc2ccccc2)cn1. The van der Waals surface area contributed by atoms with Crippen LogP contribution < -0.4 is 10.0 Å². The van der Waals surface area contributed by atoms with E-state index in [9.17, 15) is 8.42 Å². The second-order valence-corrected chi connectivity index (χ2v) is 6.25. The third kappa shape index (κ3) is 4.51. The first kappa shape index (κ1) is 15.4. The minimum absolute atomic E-state index is 0.0560. The van der Waals surface area contributed by atoms with E-state index in [4.69, 9.17) is 0 Å². The number of hydrogen-bond donors (Lipinski definition) is 2. The van der Waals surface area contributed by atoms with E-state index in [-0.39, 0.29) is 11.4 Å². The standard InChI is InChI=1S/C14H18N4O2S/c1-2-8-15-14-16-10-13(11-17-14)21(19,20)18-9-12-6-4-3-5-7-12/h3-7,10-11,18H,2,8-9H2,1H3,(H,15,16,17). The van der Waals surface area contributed by atoms with Gasteiger partial charge in [-0.3, -0.25) is 0 Å². The molecule has 0 aliphatic heterocycles. The third-order valence-electron chi connectivity index (χ3n) is 2.78. The minimum atomic E-state index is -3.60. The van der Waals surface area contributed by atoms with E-state index in [2.05, 4.69) is 20.0 Å². The molecule has 0 saturated heterocycles. The van der Waals surface area contributed by atoms with Gasteiger partial charge in [-0.2, -0.15) is 0 Å². The number of benzene rings is 1. The Balaban J connectivity index is 2.02. The van der Waals surface area contributed by atoms with Crippen LogP contribution in [0.3, 0.4) is 0 Å². The third-order valence-corrected chi connectivity index (χ3v) is 4.14. The Morgan fingerprint density at radius 3 is 2.38 bits per heavy atom. The zero-order valence-electron chi connectivity index (χ0n) is 11.8. The van der Waals surface area contributed by atoms with Crippen LogP contribution in [0.5, 0.6) is 0 Å². The molecule has 0 aliphatic rings. The second kappa shape index (κ2) is 7.14. The monoisotopic (exact) mass is 306 g/mol. The maximum absolute atomic E-state index is 12.1. The normalized spacial score (nSPS) is 11.3. The Bertz CT molecular complexity index is 657. The maximum atomic E-state index is 12.1. The Labute approximate surface area is 124 Å². The first-order valence-electron chi connectivity index (χ1n) is 6.71. The number of nitrogens with zero attached hydrogens (tertiary/aromatic N) is 2. The van der Waals surface area contributed by atoms with Gasteiger partial charge >= 0.3 is 0 Å². The van der Waals surface area contributed by atoms with Crippen LogP contribution in [0.15, 0.2) is 47.6 Å². The molecular formula is C14H18N4O2S. The van der Waals surface area contributed by atoms with E-state index in [1.165, 1.54) is 12.4 Å². The molecule has 112 valence electrons. The van der Waals surface area contributed by atoms with Gasteiger partial charge in [-0.05, 0) is 12.0 Å². The van der Waals surface area contributed by atoms with E-state index < -0.39 is 10.0 Å². The molecule has 6 nitrogen and oxygen atoms in total. The van der Waals surface area contributed by atoms with Crippen LogP contribution in [-0.4, -0.2) is 24.9 Å². The molecule has 0 amide bonds. The predicted molar refractivity (Wildman–Crippen MR) is 81.3 cm³/mol. The fourth-order valence-electron chi connectivity index (χ4n) is 1.64. The fourth-order valence-corrected chi connectivity index (χ4v) is 2.55. The van der Waals surface area contributed by atoms with Gasteiger partial charge in [-0.1, -0.05) is 37.3 Å². The summed E-state index contributed by atoms with van der Waals surface area (Å²) in [6.07, 6.45) is 3.55. The summed E-state index contributed by atoms with van der Waals surface area (Å²) >= 11 is 0. The van der Waals surface area contributed by atoms with Crippen LogP contribution in [0.4, 0.5) is 5.95 Å². The van der Waals surface area contributed by atoms with Crippen molar-refractivity contribution >= 4 is 16.0 Å². The van der Waals surface area contributed by atoms with Gasteiger partial charge in [0.15, 0.2) is 0 Å². The highest BCUT2D eigenvalue weighted by Crippen LogP contribution is 2.08. The lowest BCUT2D eigenvalue weighted by molar-refractivity contribution is 0.580. The molecule has 1 heterocycles. The van der Waals surface area contributed by atoms with E-state index >= 15 is 0 Å². The lowest BCUT2D eigenvalue weighted by Crippen LogP contribution is -2.23. The molecule has 0 atom stereocenters. The van der Waals surface area contributed by atoms with Gasteiger partial charge in [0.1, 0.15) is 4.90 Å². The molecule has 0 radical (unpaired) electrons. The summed E-state index contributed by atoms with van der Waals surface area (Å²) in [5.41, 5.74) is 0.892. The Kier molecular flexibility index (Phi) is 5.24. The minimum Gasteiger partial charge on any atom is -0.354 e. The maximum Gasteiger partial charge on any atom is 0.243 e. The molecule has 2 rings (SSSR count). The number of aromatic nitrogens is 2. The molecule has 0 aliphatic carbocycles. The van der Waals surface area contributed by atoms with E-state index in [0.29, 0.717) is 5.95 Å². The van der Waals surface area contributed by atoms with Crippen molar-refractivity contribution in [2.24, 2.45) is 0 Å². The topological polar surface area (TPSA) is 84.0 Å². The quantitative estimate of drug-likeness (QED) is 0.814. The zero-order chi connectivity index (χ0) is 15.1. The molecule has 0 bridgehead atoms. The van der Waals surface area contributed by atoms with Gasteiger partial charge in [0.05, 0.1) is 12.4 Å². The molecule has 0 fully saturated rings. The number of rotatable bonds is 7. The Morgan fingerprint density at radius 2 is 1.76 bits per heavy atom. The van der Waals surface area contributed by atoms with Crippen LogP contribution in [0, 0.1) is 0 Å². The van der Waals surface area contributed by atoms with Crippen LogP contribution in [0.25, 0.3) is 0 Å². The second-order valence-electron chi connectivity index (χ2n) is 4.48. The number of sulfonamides is 1. The zero-order valence-corrected chi connectivity index (χ0v) is 12.6. The van der Waals surface area contributed by atoms with Gasteiger partial charge < -0.3 is 5.32 Å². The predicted octanol–water partition coefficient (Wildman–Crippen LogP) is 1.78. The van der Waals surface area contributed by atoms with Gasteiger partial charge in [0.25, 0.3) is 0 Å². The highest BCUT2D eigenvalue weighted by Gasteiger charge is 2.14. The molecule has 21 heavy (non-hydrogen) atoms. The van der Waals surface area contributed by atoms with E-state index in [0.717, 1.165) is 18.5 Å². The molecule has 1 aromatic heterocycles. The molecule has 2 aromatic rings. The van der Waals surface area contributed by atoms with Crippen molar-refractivity contribution < 1.29 is 8.42 Å². The first-order chi connectivity index (χ1) is 10.1. The smallest absolute Gasteiger partial charge is 0.243 e. The van der Waals surface area contributed by atoms with E-state index in [1.807, 2.05) is 37.3 Å². The molecular weight excluding hydrogens is 288 g/mol. The van der Waals surface area contributed by atoms with Crippen LogP contribution in [-0.2, 0) is 16.6 Å². The summed E-state index contributed by atoms with van der Waals surface area (Å²) in [5.74, 6) is 0.429. The highest BCUT2D eigenvalue weighted by atomic mass is 32.2. The average Bonchev–Trinajstić information content (AvgIpc) is 2.52. The molecule has 0 spiro atoms. The van der Waals surface area contributed by atoms with Crippen molar-refractivity contribution in [1.82, 2.24) is 14.7 Å². The van der Waals surface area contributed by atoms with Crippen molar-refractivity contribution in [3.63, 3.8) is 0 Å². The average molecular weight is 306 g/mol. The van der Waals surface area contributed by atoms with Crippen molar-refractivity contribution in [3.05, 3.63) is 48.3 Å². The van der Waals surface area contributed by atoms with Crippen molar-refractivity contribution in [2.75, 3.05) is 11.9 Å². The molecule has 0 saturated carbocycles. The Hall–Kier alpha value is -1.99. The summed E-state index contributed by atoms with van der Waals surface area (Å²) in [5, 5.41) is 2.99. The van der Waals surface area contributed by atoms with Crippen LogP contribution in [0.2, 0.25) is 0 Å². The van der Waals surface area contributed by atoms with Crippen LogP contribution >= 0.6 is 0 Å². The largest absolute Gasteiger partial charge is 0.354 e. The Morgan fingerprint density at radius 1 is 1.10 bits per heavy atom. The van der Waals surface area contributed by atoms with Crippen LogP contribution in [0.1, 0.15) is 18.9 Å². The first-order valence-corrected chi connectivity index (χ1v) is 8.19. The summed E-state index contributed by atoms with van der Waals surface area (Å²) in [4.78, 5) is 8.05. The van der Waals surface area contributed by atoms with Crippen molar-refractivity contribution in [3.8, 4) is 0 Å². The molecule has 7 heteroatoms. The fraction of sp³-hybridized carbons (Fsp3) is 0.286. The summed E-state index contributed by atoms with van der Waals surface area (Å²) in [6.45, 7) is 3.01. The summed E-state index contributed by atoms with van der Waals surface area (Å²) in [7, 11) is -3.60. The van der Waals surface area contributed by atoms with Crippen molar-refractivity contribution in [2.45, 2.75) is 24.8 Å².